The van der Waals surface area contributed by atoms with Crippen LogP contribution in [0.2, 0.25) is 0 Å². The first-order valence-electron chi connectivity index (χ1n) is 8.45. The van der Waals surface area contributed by atoms with Gasteiger partial charge in [-0.15, -0.1) is 0 Å². The molecule has 2 rings (SSSR count). The predicted molar refractivity (Wildman–Crippen MR) is 98.8 cm³/mol. The number of amides is 1. The number of ether oxygens (including phenoxy) is 3. The molecule has 0 heterocycles. The Kier molecular flexibility index (Phi) is 7.31. The lowest BCUT2D eigenvalue weighted by Gasteiger charge is -2.13. The summed E-state index contributed by atoms with van der Waals surface area (Å²) in [5.41, 5.74) is 3.25. The van der Waals surface area contributed by atoms with Gasteiger partial charge in [0, 0.05) is 5.69 Å². The molecular weight excluding hydrogens is 372 g/mol. The van der Waals surface area contributed by atoms with Gasteiger partial charge in [-0.25, -0.2) is 4.79 Å². The third-order valence-corrected chi connectivity index (χ3v) is 3.67. The summed E-state index contributed by atoms with van der Waals surface area (Å²) < 4.78 is 38.8. The Morgan fingerprint density at radius 1 is 1.00 bits per heavy atom. The smallest absolute Gasteiger partial charge is 0.387 e. The minimum absolute atomic E-state index is 0.0294. The fraction of sp³-hybridized carbons (Fsp3) is 0.300. The zero-order valence-corrected chi connectivity index (χ0v) is 15.8. The number of carbonyl (C=O) groups is 2. The number of rotatable bonds is 8. The molecule has 0 unspecified atom stereocenters. The van der Waals surface area contributed by atoms with Crippen molar-refractivity contribution in [2.75, 3.05) is 18.5 Å². The van der Waals surface area contributed by atoms with E-state index in [0.29, 0.717) is 11.4 Å². The van der Waals surface area contributed by atoms with Crippen LogP contribution >= 0.6 is 0 Å². The Balaban J connectivity index is 1.77. The van der Waals surface area contributed by atoms with Crippen LogP contribution in [0.25, 0.3) is 0 Å². The first kappa shape index (κ1) is 21.1. The second kappa shape index (κ2) is 9.68. The molecule has 0 aliphatic heterocycles. The van der Waals surface area contributed by atoms with Crippen LogP contribution in [0.5, 0.6) is 11.5 Å². The average Bonchev–Trinajstić information content (AvgIpc) is 2.60. The summed E-state index contributed by atoms with van der Waals surface area (Å²) in [5, 5.41) is 2.48. The van der Waals surface area contributed by atoms with E-state index in [-0.39, 0.29) is 12.4 Å². The van der Waals surface area contributed by atoms with E-state index in [1.165, 1.54) is 24.3 Å². The molecule has 1 amide bonds. The topological polar surface area (TPSA) is 73.9 Å². The van der Waals surface area contributed by atoms with E-state index >= 15 is 0 Å². The SMILES string of the molecule is Cc1cc(C)c(OCC(=O)OCC(=O)Nc2ccc(OC(F)F)cc2)c(C)c1. The molecule has 1 N–H and O–H groups in total. The number of nitrogens with one attached hydrogen (secondary N) is 1. The van der Waals surface area contributed by atoms with Gasteiger partial charge in [0.1, 0.15) is 11.5 Å². The van der Waals surface area contributed by atoms with Gasteiger partial charge in [-0.3, -0.25) is 4.79 Å². The van der Waals surface area contributed by atoms with E-state index in [0.717, 1.165) is 16.7 Å². The molecule has 0 bridgehead atoms. The molecule has 0 aromatic heterocycles. The molecule has 8 heteroatoms. The van der Waals surface area contributed by atoms with Crippen LogP contribution in [0.15, 0.2) is 36.4 Å². The number of carbonyl (C=O) groups excluding carboxylic acids is 2. The van der Waals surface area contributed by atoms with Crippen molar-refractivity contribution >= 4 is 17.6 Å². The molecule has 0 atom stereocenters. The molecule has 0 spiro atoms. The number of hydrogen-bond donors (Lipinski definition) is 1. The van der Waals surface area contributed by atoms with E-state index in [9.17, 15) is 18.4 Å². The van der Waals surface area contributed by atoms with Gasteiger partial charge >= 0.3 is 12.6 Å². The summed E-state index contributed by atoms with van der Waals surface area (Å²) in [6, 6.07) is 9.24. The second-order valence-corrected chi connectivity index (χ2v) is 6.13. The fourth-order valence-corrected chi connectivity index (χ4v) is 2.63. The Hall–Kier alpha value is -3.16. The Morgan fingerprint density at radius 2 is 1.61 bits per heavy atom. The van der Waals surface area contributed by atoms with Crippen molar-refractivity contribution in [2.45, 2.75) is 27.4 Å². The first-order chi connectivity index (χ1) is 13.2. The molecule has 2 aromatic rings. The number of anilines is 1. The number of benzene rings is 2. The van der Waals surface area contributed by atoms with Crippen LogP contribution in [0, 0.1) is 20.8 Å². The van der Waals surface area contributed by atoms with Gasteiger partial charge in [0.25, 0.3) is 5.91 Å². The molecule has 6 nitrogen and oxygen atoms in total. The first-order valence-corrected chi connectivity index (χ1v) is 8.45. The van der Waals surface area contributed by atoms with Crippen molar-refractivity contribution in [3.8, 4) is 11.5 Å². The summed E-state index contributed by atoms with van der Waals surface area (Å²) in [6.07, 6.45) is 0. The molecule has 2 aromatic carbocycles. The third kappa shape index (κ3) is 6.53. The highest BCUT2D eigenvalue weighted by atomic mass is 19.3. The van der Waals surface area contributed by atoms with Gasteiger partial charge in [-0.2, -0.15) is 8.78 Å². The second-order valence-electron chi connectivity index (χ2n) is 6.13. The van der Waals surface area contributed by atoms with Crippen molar-refractivity contribution in [1.82, 2.24) is 0 Å². The van der Waals surface area contributed by atoms with Crippen molar-refractivity contribution in [2.24, 2.45) is 0 Å². The van der Waals surface area contributed by atoms with Crippen LogP contribution in [-0.4, -0.2) is 31.7 Å². The summed E-state index contributed by atoms with van der Waals surface area (Å²) in [6.45, 7) is 1.99. The van der Waals surface area contributed by atoms with Crippen molar-refractivity contribution < 1.29 is 32.6 Å². The van der Waals surface area contributed by atoms with Gasteiger partial charge in [-0.1, -0.05) is 17.7 Å². The quantitative estimate of drug-likeness (QED) is 0.691. The minimum atomic E-state index is -2.92. The van der Waals surface area contributed by atoms with Gasteiger partial charge in [0.2, 0.25) is 0 Å². The van der Waals surface area contributed by atoms with Crippen molar-refractivity contribution in [3.63, 3.8) is 0 Å². The number of hydrogen-bond acceptors (Lipinski definition) is 5. The molecule has 150 valence electrons. The van der Waals surface area contributed by atoms with Crippen LogP contribution < -0.4 is 14.8 Å². The molecule has 0 aliphatic carbocycles. The largest absolute Gasteiger partial charge is 0.481 e. The Bertz CT molecular complexity index is 814. The lowest BCUT2D eigenvalue weighted by molar-refractivity contribution is -0.149. The number of halogens is 2. The maximum Gasteiger partial charge on any atom is 0.387 e. The molecule has 0 saturated heterocycles. The predicted octanol–water partition coefficient (Wildman–Crippen LogP) is 3.77. The van der Waals surface area contributed by atoms with Gasteiger partial charge < -0.3 is 19.5 Å². The van der Waals surface area contributed by atoms with Crippen LogP contribution in [0.1, 0.15) is 16.7 Å². The normalized spacial score (nSPS) is 10.5. The average molecular weight is 393 g/mol. The maximum absolute atomic E-state index is 12.1. The van der Waals surface area contributed by atoms with E-state index in [1.54, 1.807) is 0 Å². The molecule has 0 aliphatic rings. The zero-order valence-electron chi connectivity index (χ0n) is 15.8. The number of aryl methyl sites for hydroxylation is 3. The minimum Gasteiger partial charge on any atom is -0.481 e. The summed E-state index contributed by atoms with van der Waals surface area (Å²) in [4.78, 5) is 23.6. The number of esters is 1. The van der Waals surface area contributed by atoms with E-state index in [4.69, 9.17) is 9.47 Å². The highest BCUT2D eigenvalue weighted by Crippen LogP contribution is 2.24. The van der Waals surface area contributed by atoms with Crippen LogP contribution in [0.3, 0.4) is 0 Å². The Labute approximate surface area is 161 Å². The standard InChI is InChI=1S/C20H21F2NO5/c1-12-8-13(2)19(14(3)9-12)27-11-18(25)26-10-17(24)23-15-4-6-16(7-5-15)28-20(21)22/h4-9,20H,10-11H2,1-3H3,(H,23,24). The highest BCUT2D eigenvalue weighted by molar-refractivity contribution is 5.92. The van der Waals surface area contributed by atoms with E-state index < -0.39 is 25.1 Å². The molecule has 0 saturated carbocycles. The van der Waals surface area contributed by atoms with Crippen molar-refractivity contribution in [1.29, 1.82) is 0 Å². The molecule has 28 heavy (non-hydrogen) atoms. The third-order valence-electron chi connectivity index (χ3n) is 3.67. The molecular formula is C20H21F2NO5. The number of alkyl halides is 2. The van der Waals surface area contributed by atoms with Gasteiger partial charge in [0.05, 0.1) is 0 Å². The van der Waals surface area contributed by atoms with Crippen molar-refractivity contribution in [3.05, 3.63) is 53.1 Å². The van der Waals surface area contributed by atoms with Crippen LogP contribution in [-0.2, 0) is 14.3 Å². The highest BCUT2D eigenvalue weighted by Gasteiger charge is 2.12. The monoisotopic (exact) mass is 393 g/mol. The summed E-state index contributed by atoms with van der Waals surface area (Å²) in [7, 11) is 0. The lowest BCUT2D eigenvalue weighted by atomic mass is 10.1. The molecule has 0 radical (unpaired) electrons. The van der Waals surface area contributed by atoms with Crippen LogP contribution in [0.4, 0.5) is 14.5 Å². The maximum atomic E-state index is 12.1. The summed E-state index contributed by atoms with van der Waals surface area (Å²) >= 11 is 0. The fourth-order valence-electron chi connectivity index (χ4n) is 2.63. The van der Waals surface area contributed by atoms with Gasteiger partial charge in [-0.05, 0) is 56.2 Å². The zero-order chi connectivity index (χ0) is 20.7. The Morgan fingerprint density at radius 3 is 2.18 bits per heavy atom. The summed E-state index contributed by atoms with van der Waals surface area (Å²) in [5.74, 6) is -0.676. The van der Waals surface area contributed by atoms with E-state index in [1.807, 2.05) is 32.9 Å². The van der Waals surface area contributed by atoms with Gasteiger partial charge in [0.15, 0.2) is 13.2 Å². The molecule has 0 fully saturated rings. The lowest BCUT2D eigenvalue weighted by Crippen LogP contribution is -2.23. The van der Waals surface area contributed by atoms with E-state index in [2.05, 4.69) is 10.1 Å².